The molecule has 0 bridgehead atoms. The summed E-state index contributed by atoms with van der Waals surface area (Å²) in [5, 5.41) is 16.0. The maximum atomic E-state index is 12.3. The number of aromatic hydroxyl groups is 1. The molecular weight excluding hydrogens is 417 g/mol. The Hall–Kier alpha value is -2.67. The average Bonchev–Trinajstić information content (AvgIpc) is 3.05. The predicted octanol–water partition coefficient (Wildman–Crippen LogP) is 5.92. The van der Waals surface area contributed by atoms with Crippen LogP contribution >= 0.6 is 0 Å². The SMILES string of the molecule is Cc1cc(CCCC2CCNCC2)cc2cn(Cc3ccc(OC(F)(F)F)cc3)c(O)c12. The normalized spacial score (nSPS) is 15.4. The van der Waals surface area contributed by atoms with Crippen molar-refractivity contribution in [3.05, 3.63) is 59.3 Å². The van der Waals surface area contributed by atoms with Crippen LogP contribution in [0.15, 0.2) is 42.6 Å². The Labute approximate surface area is 186 Å². The second-order valence-electron chi connectivity index (χ2n) is 8.73. The first kappa shape index (κ1) is 22.5. The average molecular weight is 447 g/mol. The van der Waals surface area contributed by atoms with Crippen molar-refractivity contribution in [1.29, 1.82) is 0 Å². The molecule has 32 heavy (non-hydrogen) atoms. The van der Waals surface area contributed by atoms with E-state index in [1.165, 1.54) is 37.0 Å². The van der Waals surface area contributed by atoms with Crippen LogP contribution in [-0.2, 0) is 13.0 Å². The summed E-state index contributed by atoms with van der Waals surface area (Å²) in [6, 6.07) is 10.0. The highest BCUT2D eigenvalue weighted by atomic mass is 19.4. The van der Waals surface area contributed by atoms with Gasteiger partial charge in [-0.1, -0.05) is 24.6 Å². The molecule has 2 N–H and O–H groups in total. The number of ether oxygens (including phenoxy) is 1. The van der Waals surface area contributed by atoms with E-state index in [4.69, 9.17) is 0 Å². The van der Waals surface area contributed by atoms with Crippen LogP contribution in [0.5, 0.6) is 11.6 Å². The molecule has 2 heterocycles. The van der Waals surface area contributed by atoms with Crippen LogP contribution in [0.1, 0.15) is 42.4 Å². The molecule has 0 radical (unpaired) electrons. The third kappa shape index (κ3) is 5.57. The van der Waals surface area contributed by atoms with Gasteiger partial charge >= 0.3 is 6.36 Å². The van der Waals surface area contributed by atoms with Crippen molar-refractivity contribution in [2.75, 3.05) is 13.1 Å². The number of aromatic nitrogens is 1. The highest BCUT2D eigenvalue weighted by molar-refractivity contribution is 5.91. The fraction of sp³-hybridized carbons (Fsp3) is 0.440. The summed E-state index contributed by atoms with van der Waals surface area (Å²) in [4.78, 5) is 0. The largest absolute Gasteiger partial charge is 0.573 e. The van der Waals surface area contributed by atoms with Crippen LogP contribution in [-0.4, -0.2) is 29.1 Å². The fourth-order valence-corrected chi connectivity index (χ4v) is 4.69. The number of nitrogens with one attached hydrogen (secondary N) is 1. The van der Waals surface area contributed by atoms with Gasteiger partial charge in [0.25, 0.3) is 0 Å². The van der Waals surface area contributed by atoms with Crippen molar-refractivity contribution >= 4 is 10.8 Å². The summed E-state index contributed by atoms with van der Waals surface area (Å²) in [5.74, 6) is 0.738. The van der Waals surface area contributed by atoms with Crippen molar-refractivity contribution < 1.29 is 23.0 Å². The van der Waals surface area contributed by atoms with Gasteiger partial charge in [-0.2, -0.15) is 0 Å². The number of aryl methyl sites for hydroxylation is 2. The molecule has 0 aliphatic carbocycles. The molecule has 1 fully saturated rings. The van der Waals surface area contributed by atoms with E-state index >= 15 is 0 Å². The lowest BCUT2D eigenvalue weighted by atomic mass is 9.91. The molecule has 1 aliphatic rings. The Morgan fingerprint density at radius 1 is 1.09 bits per heavy atom. The first-order valence-electron chi connectivity index (χ1n) is 11.2. The maximum absolute atomic E-state index is 12.3. The lowest BCUT2D eigenvalue weighted by molar-refractivity contribution is -0.274. The van der Waals surface area contributed by atoms with Gasteiger partial charge in [0.05, 0.1) is 6.54 Å². The molecule has 0 saturated carbocycles. The molecular formula is C25H29F3N2O2. The van der Waals surface area contributed by atoms with Crippen molar-refractivity contribution in [2.45, 2.75) is 51.9 Å². The molecule has 3 aromatic rings. The van der Waals surface area contributed by atoms with Crippen molar-refractivity contribution in [2.24, 2.45) is 5.92 Å². The van der Waals surface area contributed by atoms with E-state index < -0.39 is 6.36 Å². The van der Waals surface area contributed by atoms with E-state index in [9.17, 15) is 18.3 Å². The topological polar surface area (TPSA) is 46.4 Å². The summed E-state index contributed by atoms with van der Waals surface area (Å²) in [5.41, 5.74) is 3.08. The molecule has 1 saturated heterocycles. The summed E-state index contributed by atoms with van der Waals surface area (Å²) in [6.45, 7) is 4.62. The first-order valence-corrected chi connectivity index (χ1v) is 11.2. The molecule has 172 valence electrons. The number of rotatable bonds is 7. The third-order valence-electron chi connectivity index (χ3n) is 6.26. The molecule has 4 rings (SSSR count). The third-order valence-corrected chi connectivity index (χ3v) is 6.26. The first-order chi connectivity index (χ1) is 15.3. The number of halogens is 3. The van der Waals surface area contributed by atoms with Crippen molar-refractivity contribution in [3.8, 4) is 11.6 Å². The predicted molar refractivity (Wildman–Crippen MR) is 119 cm³/mol. The molecule has 2 aromatic carbocycles. The minimum absolute atomic E-state index is 0.175. The highest BCUT2D eigenvalue weighted by Crippen LogP contribution is 2.33. The van der Waals surface area contributed by atoms with Crippen molar-refractivity contribution in [3.63, 3.8) is 0 Å². The lowest BCUT2D eigenvalue weighted by Crippen LogP contribution is -2.27. The van der Waals surface area contributed by atoms with Gasteiger partial charge in [0.2, 0.25) is 0 Å². The zero-order valence-electron chi connectivity index (χ0n) is 18.2. The second kappa shape index (κ2) is 9.45. The Bertz CT molecular complexity index is 1050. The van der Waals surface area contributed by atoms with Crippen molar-refractivity contribution in [1.82, 2.24) is 9.88 Å². The Kier molecular flexibility index (Phi) is 6.65. The van der Waals surface area contributed by atoms with E-state index in [1.54, 1.807) is 16.7 Å². The molecule has 1 aromatic heterocycles. The van der Waals surface area contributed by atoms with Crippen LogP contribution in [0.2, 0.25) is 0 Å². The number of benzene rings is 2. The summed E-state index contributed by atoms with van der Waals surface area (Å²) >= 11 is 0. The number of hydrogen-bond acceptors (Lipinski definition) is 3. The Morgan fingerprint density at radius 3 is 2.50 bits per heavy atom. The van der Waals surface area contributed by atoms with Gasteiger partial charge < -0.3 is 19.7 Å². The number of hydrogen-bond donors (Lipinski definition) is 2. The minimum Gasteiger partial charge on any atom is -0.494 e. The summed E-state index contributed by atoms with van der Waals surface area (Å²) in [6.07, 6.45) is 3.16. The molecule has 1 aliphatic heterocycles. The van der Waals surface area contributed by atoms with Crippen LogP contribution < -0.4 is 10.1 Å². The molecule has 0 amide bonds. The molecule has 0 atom stereocenters. The Balaban J connectivity index is 1.45. The van der Waals surface area contributed by atoms with Gasteiger partial charge in [-0.3, -0.25) is 0 Å². The zero-order valence-corrected chi connectivity index (χ0v) is 18.2. The number of nitrogens with zero attached hydrogens (tertiary/aromatic N) is 1. The van der Waals surface area contributed by atoms with Gasteiger partial charge in [0.1, 0.15) is 5.75 Å². The van der Waals surface area contributed by atoms with E-state index in [2.05, 4.69) is 22.2 Å². The smallest absolute Gasteiger partial charge is 0.494 e. The minimum atomic E-state index is -4.71. The maximum Gasteiger partial charge on any atom is 0.573 e. The van der Waals surface area contributed by atoms with Crippen LogP contribution in [0.4, 0.5) is 13.2 Å². The van der Waals surface area contributed by atoms with E-state index in [0.717, 1.165) is 53.7 Å². The van der Waals surface area contributed by atoms with E-state index in [0.29, 0.717) is 6.54 Å². The molecule has 7 heteroatoms. The number of fused-ring (bicyclic) bond motifs is 1. The monoisotopic (exact) mass is 446 g/mol. The van der Waals surface area contributed by atoms with E-state index in [1.807, 2.05) is 13.1 Å². The quantitative estimate of drug-likeness (QED) is 0.473. The van der Waals surface area contributed by atoms with Gasteiger partial charge in [-0.15, -0.1) is 13.2 Å². The van der Waals surface area contributed by atoms with Crippen LogP contribution in [0.3, 0.4) is 0 Å². The van der Waals surface area contributed by atoms with E-state index in [-0.39, 0.29) is 11.6 Å². The summed E-state index contributed by atoms with van der Waals surface area (Å²) in [7, 11) is 0. The molecule has 0 spiro atoms. The van der Waals surface area contributed by atoms with Gasteiger partial charge in [-0.05, 0) is 86.5 Å². The van der Waals surface area contributed by atoms with Gasteiger partial charge in [-0.25, -0.2) is 0 Å². The standard InChI is InChI=1S/C25H29F3N2O2/c1-17-13-20(4-2-3-18-9-11-29-12-10-18)14-21-16-30(24(31)23(17)21)15-19-5-7-22(8-6-19)32-25(26,27)28/h5-8,13-14,16,18,29,31H,2-4,9-12,15H2,1H3. The lowest BCUT2D eigenvalue weighted by Gasteiger charge is -2.22. The fourth-order valence-electron chi connectivity index (χ4n) is 4.69. The number of piperidine rings is 1. The Morgan fingerprint density at radius 2 is 1.81 bits per heavy atom. The molecule has 4 nitrogen and oxygen atoms in total. The van der Waals surface area contributed by atoms with Gasteiger partial charge in [0.15, 0.2) is 5.88 Å². The second-order valence-corrected chi connectivity index (χ2v) is 8.73. The number of alkyl halides is 3. The molecule has 0 unspecified atom stereocenters. The zero-order chi connectivity index (χ0) is 22.7. The van der Waals surface area contributed by atoms with Gasteiger partial charge in [0, 0.05) is 17.0 Å². The van der Waals surface area contributed by atoms with Crippen LogP contribution in [0.25, 0.3) is 10.8 Å². The van der Waals surface area contributed by atoms with Crippen LogP contribution in [0, 0.1) is 12.8 Å². The highest BCUT2D eigenvalue weighted by Gasteiger charge is 2.31. The summed E-state index contributed by atoms with van der Waals surface area (Å²) < 4.78 is 42.7.